The first-order chi connectivity index (χ1) is 13.0. The molecule has 2 aromatic carbocycles. The van der Waals surface area contributed by atoms with Crippen molar-refractivity contribution in [1.82, 2.24) is 4.90 Å². The van der Waals surface area contributed by atoms with Gasteiger partial charge in [-0.2, -0.15) is 0 Å². The van der Waals surface area contributed by atoms with Crippen molar-refractivity contribution in [3.05, 3.63) is 58.6 Å². The van der Waals surface area contributed by atoms with E-state index in [1.165, 1.54) is 18.9 Å². The maximum atomic E-state index is 12.4. The molecular weight excluding hydrogens is 366 g/mol. The van der Waals surface area contributed by atoms with E-state index < -0.39 is 17.7 Å². The lowest BCUT2D eigenvalue weighted by atomic mass is 10.1. The number of nitrogens with one attached hydrogen (secondary N) is 1. The Labute approximate surface area is 161 Å². The summed E-state index contributed by atoms with van der Waals surface area (Å²) in [6.45, 7) is 1.75. The molecule has 1 N–H and O–H groups in total. The van der Waals surface area contributed by atoms with Gasteiger partial charge in [-0.05, 0) is 49.2 Å². The largest absolute Gasteiger partial charge is 0.372 e. The number of anilines is 2. The van der Waals surface area contributed by atoms with Crippen molar-refractivity contribution in [3.8, 4) is 0 Å². The fourth-order valence-corrected chi connectivity index (χ4v) is 3.77. The molecule has 7 heteroatoms. The molecule has 0 aromatic heterocycles. The highest BCUT2D eigenvalue weighted by Gasteiger charge is 2.38. The van der Waals surface area contributed by atoms with Gasteiger partial charge in [0.2, 0.25) is 5.91 Å². The van der Waals surface area contributed by atoms with Crippen LogP contribution in [0.15, 0.2) is 42.5 Å². The first-order valence-electron chi connectivity index (χ1n) is 8.84. The summed E-state index contributed by atoms with van der Waals surface area (Å²) in [7, 11) is 0. The summed E-state index contributed by atoms with van der Waals surface area (Å²) in [4.78, 5) is 40.4. The molecule has 1 saturated heterocycles. The second-order valence-electron chi connectivity index (χ2n) is 6.65. The maximum absolute atomic E-state index is 12.4. The second kappa shape index (κ2) is 7.04. The van der Waals surface area contributed by atoms with Gasteiger partial charge in [-0.25, -0.2) is 0 Å². The van der Waals surface area contributed by atoms with E-state index in [0.717, 1.165) is 23.7 Å². The van der Waals surface area contributed by atoms with E-state index in [2.05, 4.69) is 10.2 Å². The molecule has 2 heterocycles. The van der Waals surface area contributed by atoms with Crippen molar-refractivity contribution in [3.63, 3.8) is 0 Å². The number of rotatable bonds is 4. The third kappa shape index (κ3) is 3.28. The summed E-state index contributed by atoms with van der Waals surface area (Å²) in [5, 5.41) is 2.95. The number of imide groups is 1. The highest BCUT2D eigenvalue weighted by molar-refractivity contribution is 6.37. The van der Waals surface area contributed by atoms with Crippen LogP contribution in [0.5, 0.6) is 0 Å². The van der Waals surface area contributed by atoms with Gasteiger partial charge in [0.15, 0.2) is 0 Å². The number of carbonyl (C=O) groups excluding carboxylic acids is 3. The molecule has 6 nitrogen and oxygen atoms in total. The number of amides is 3. The Bertz CT molecular complexity index is 921. The van der Waals surface area contributed by atoms with Crippen LogP contribution in [0.25, 0.3) is 0 Å². The lowest BCUT2D eigenvalue weighted by Crippen LogP contribution is -2.37. The van der Waals surface area contributed by atoms with E-state index in [9.17, 15) is 14.4 Å². The number of hydrogen-bond donors (Lipinski definition) is 1. The number of hydrogen-bond acceptors (Lipinski definition) is 4. The van der Waals surface area contributed by atoms with E-state index in [-0.39, 0.29) is 22.7 Å². The molecule has 0 spiro atoms. The molecule has 4 rings (SSSR count). The molecule has 0 aliphatic carbocycles. The minimum Gasteiger partial charge on any atom is -0.372 e. The normalized spacial score (nSPS) is 16.0. The number of fused-ring (bicyclic) bond motifs is 1. The van der Waals surface area contributed by atoms with Gasteiger partial charge in [-0.1, -0.05) is 17.7 Å². The average Bonchev–Trinajstić information content (AvgIpc) is 3.27. The monoisotopic (exact) mass is 383 g/mol. The van der Waals surface area contributed by atoms with Gasteiger partial charge in [0, 0.05) is 24.5 Å². The van der Waals surface area contributed by atoms with Crippen LogP contribution >= 0.6 is 11.6 Å². The van der Waals surface area contributed by atoms with Gasteiger partial charge in [-0.15, -0.1) is 0 Å². The first-order valence-corrected chi connectivity index (χ1v) is 9.22. The zero-order valence-electron chi connectivity index (χ0n) is 14.6. The van der Waals surface area contributed by atoms with Crippen LogP contribution < -0.4 is 10.2 Å². The molecule has 2 aliphatic heterocycles. The summed E-state index contributed by atoms with van der Waals surface area (Å²) in [5.74, 6) is -1.48. The molecule has 0 unspecified atom stereocenters. The third-order valence-electron chi connectivity index (χ3n) is 4.87. The molecule has 27 heavy (non-hydrogen) atoms. The van der Waals surface area contributed by atoms with Gasteiger partial charge in [0.05, 0.1) is 16.1 Å². The smallest absolute Gasteiger partial charge is 0.263 e. The molecule has 1 fully saturated rings. The van der Waals surface area contributed by atoms with Crippen molar-refractivity contribution in [1.29, 1.82) is 0 Å². The Hall–Kier alpha value is -2.86. The fourth-order valence-electron chi connectivity index (χ4n) is 3.51. The van der Waals surface area contributed by atoms with Crippen molar-refractivity contribution in [2.45, 2.75) is 12.8 Å². The van der Waals surface area contributed by atoms with Crippen LogP contribution in [0, 0.1) is 0 Å². The first kappa shape index (κ1) is 17.5. The van der Waals surface area contributed by atoms with Gasteiger partial charge >= 0.3 is 0 Å². The van der Waals surface area contributed by atoms with Crippen molar-refractivity contribution < 1.29 is 14.4 Å². The second-order valence-corrected chi connectivity index (χ2v) is 7.06. The summed E-state index contributed by atoms with van der Waals surface area (Å²) in [6, 6.07) is 12.3. The van der Waals surface area contributed by atoms with Gasteiger partial charge < -0.3 is 10.2 Å². The summed E-state index contributed by atoms with van der Waals surface area (Å²) in [5.41, 5.74) is 2.14. The lowest BCUT2D eigenvalue weighted by molar-refractivity contribution is -0.116. The Morgan fingerprint density at radius 2 is 1.70 bits per heavy atom. The molecule has 0 saturated carbocycles. The molecule has 0 atom stereocenters. The molecule has 0 bridgehead atoms. The fraction of sp³-hybridized carbons (Fsp3) is 0.250. The Morgan fingerprint density at radius 3 is 2.37 bits per heavy atom. The van der Waals surface area contributed by atoms with Crippen molar-refractivity contribution >= 4 is 40.7 Å². The van der Waals surface area contributed by atoms with Crippen LogP contribution in [0.3, 0.4) is 0 Å². The minimum absolute atomic E-state index is 0.159. The van der Waals surface area contributed by atoms with E-state index in [1.54, 1.807) is 12.1 Å². The van der Waals surface area contributed by atoms with Crippen molar-refractivity contribution in [2.75, 3.05) is 29.9 Å². The predicted octanol–water partition coefficient (Wildman–Crippen LogP) is 3.17. The van der Waals surface area contributed by atoms with Crippen LogP contribution in [-0.2, 0) is 4.79 Å². The zero-order valence-corrected chi connectivity index (χ0v) is 15.3. The Kier molecular flexibility index (Phi) is 4.58. The van der Waals surface area contributed by atoms with E-state index in [0.29, 0.717) is 5.69 Å². The Balaban J connectivity index is 1.42. The third-order valence-corrected chi connectivity index (χ3v) is 5.19. The highest BCUT2D eigenvalue weighted by atomic mass is 35.5. The molecule has 3 amide bonds. The van der Waals surface area contributed by atoms with E-state index in [1.807, 2.05) is 24.3 Å². The number of nitrogens with zero attached hydrogens (tertiary/aromatic N) is 2. The quantitative estimate of drug-likeness (QED) is 0.823. The van der Waals surface area contributed by atoms with Gasteiger partial charge in [0.1, 0.15) is 6.54 Å². The lowest BCUT2D eigenvalue weighted by Gasteiger charge is -2.18. The maximum Gasteiger partial charge on any atom is 0.263 e. The average molecular weight is 384 g/mol. The van der Waals surface area contributed by atoms with Gasteiger partial charge in [0.25, 0.3) is 11.8 Å². The van der Waals surface area contributed by atoms with Crippen LogP contribution in [0.2, 0.25) is 5.02 Å². The minimum atomic E-state index is -0.542. The topological polar surface area (TPSA) is 69.7 Å². The number of halogens is 1. The van der Waals surface area contributed by atoms with Crippen LogP contribution in [0.4, 0.5) is 11.4 Å². The van der Waals surface area contributed by atoms with Crippen LogP contribution in [-0.4, -0.2) is 42.3 Å². The molecule has 138 valence electrons. The molecular formula is C20H18ClN3O3. The van der Waals surface area contributed by atoms with Crippen LogP contribution in [0.1, 0.15) is 33.6 Å². The Morgan fingerprint density at radius 1 is 1.00 bits per heavy atom. The molecule has 2 aromatic rings. The van der Waals surface area contributed by atoms with Gasteiger partial charge in [-0.3, -0.25) is 19.3 Å². The molecule has 2 aliphatic rings. The standard InChI is InChI=1S/C20H18ClN3O3/c21-16-5-3-4-15-18(16)20(27)24(19(15)26)12-17(25)22-13-6-8-14(9-7-13)23-10-1-2-11-23/h3-9H,1-2,10-12H2,(H,22,25). The summed E-state index contributed by atoms with van der Waals surface area (Å²) < 4.78 is 0. The number of carbonyl (C=O) groups is 3. The number of benzene rings is 2. The van der Waals surface area contributed by atoms with E-state index in [4.69, 9.17) is 11.6 Å². The molecule has 0 radical (unpaired) electrons. The summed E-state index contributed by atoms with van der Waals surface area (Å²) >= 11 is 6.03. The zero-order chi connectivity index (χ0) is 19.0. The van der Waals surface area contributed by atoms with Crippen molar-refractivity contribution in [2.24, 2.45) is 0 Å². The van der Waals surface area contributed by atoms with E-state index >= 15 is 0 Å². The SMILES string of the molecule is O=C(CN1C(=O)c2cccc(Cl)c2C1=O)Nc1ccc(N2CCCC2)cc1. The predicted molar refractivity (Wildman–Crippen MR) is 103 cm³/mol. The highest BCUT2D eigenvalue weighted by Crippen LogP contribution is 2.29. The summed E-state index contributed by atoms with van der Waals surface area (Å²) in [6.07, 6.45) is 2.39.